The van der Waals surface area contributed by atoms with Gasteiger partial charge in [0.05, 0.1) is 11.4 Å². The maximum absolute atomic E-state index is 14.6. The molecule has 0 spiro atoms. The number of halogens is 3. The summed E-state index contributed by atoms with van der Waals surface area (Å²) in [5.74, 6) is 0.291. The van der Waals surface area contributed by atoms with Gasteiger partial charge in [-0.3, -0.25) is 9.59 Å². The van der Waals surface area contributed by atoms with Crippen LogP contribution in [0.3, 0.4) is 0 Å². The Hall–Kier alpha value is -4.76. The molecule has 1 fully saturated rings. The second-order valence-corrected chi connectivity index (χ2v) is 14.0. The number of carbonyl (C=O) groups excluding carboxylic acids is 2. The fourth-order valence-electron chi connectivity index (χ4n) is 6.75. The van der Waals surface area contributed by atoms with Crippen molar-refractivity contribution in [2.45, 2.75) is 46.2 Å². The lowest BCUT2D eigenvalue weighted by Gasteiger charge is -2.34. The Kier molecular flexibility index (Phi) is 11.1. The number of aryl methyl sites for hydroxylation is 1. The summed E-state index contributed by atoms with van der Waals surface area (Å²) in [7, 11) is 0. The van der Waals surface area contributed by atoms with Gasteiger partial charge in [0.25, 0.3) is 5.91 Å². The van der Waals surface area contributed by atoms with Crippen LogP contribution < -0.4 is 15.5 Å². The van der Waals surface area contributed by atoms with Gasteiger partial charge in [-0.15, -0.1) is 0 Å². The van der Waals surface area contributed by atoms with Gasteiger partial charge in [0.1, 0.15) is 5.69 Å². The molecule has 1 saturated heterocycles. The summed E-state index contributed by atoms with van der Waals surface area (Å²) < 4.78 is 0. The van der Waals surface area contributed by atoms with Crippen molar-refractivity contribution < 1.29 is 9.59 Å². The number of nitrogens with one attached hydrogen (secondary N) is 3. The van der Waals surface area contributed by atoms with Crippen LogP contribution in [0.15, 0.2) is 91.8 Å². The quantitative estimate of drug-likeness (QED) is 0.133. The first-order valence-electron chi connectivity index (χ1n) is 16.7. The smallest absolute Gasteiger partial charge is 0.272 e. The Morgan fingerprint density at radius 2 is 1.75 bits per heavy atom. The first-order valence-corrected chi connectivity index (χ1v) is 17.9. The van der Waals surface area contributed by atoms with Crippen molar-refractivity contribution in [1.82, 2.24) is 20.2 Å². The molecule has 0 bridgehead atoms. The Morgan fingerprint density at radius 1 is 1.00 bits per heavy atom. The molecule has 3 aromatic carbocycles. The number of benzene rings is 3. The average molecular weight is 742 g/mol. The standard InChI is InChI=1S/C40H39Cl3N6O2/c1-5-48(23-32-24(2)20-29(42)21-33(32)43)38(25(3)27-10-7-6-8-11-27)36-31-14-13-28(41)22-35(31)46-37(36)40(51)47-34-12-9-17-44-39(34)49-18-15-30(16-19-49)45-26(4)50/h5-14,17,20-22,30,46H,1,15-16,18-19,23H2,2-4H3,(H,45,50)(H,47,51)/b38-25+. The van der Waals surface area contributed by atoms with E-state index in [9.17, 15) is 9.59 Å². The lowest BCUT2D eigenvalue weighted by atomic mass is 9.96. The van der Waals surface area contributed by atoms with E-state index in [1.54, 1.807) is 24.5 Å². The number of aromatic nitrogens is 2. The van der Waals surface area contributed by atoms with Crippen molar-refractivity contribution in [2.75, 3.05) is 23.3 Å². The number of amides is 2. The van der Waals surface area contributed by atoms with E-state index in [2.05, 4.69) is 32.1 Å². The molecule has 8 nitrogen and oxygen atoms in total. The molecule has 3 N–H and O–H groups in total. The van der Waals surface area contributed by atoms with Gasteiger partial charge in [-0.1, -0.05) is 77.8 Å². The normalized spacial score (nSPS) is 13.9. The van der Waals surface area contributed by atoms with Gasteiger partial charge in [-0.05, 0) is 91.6 Å². The second kappa shape index (κ2) is 15.6. The molecule has 3 heterocycles. The molecular formula is C40H39Cl3N6O2. The van der Waals surface area contributed by atoms with E-state index < -0.39 is 0 Å². The van der Waals surface area contributed by atoms with Gasteiger partial charge in [-0.25, -0.2) is 4.98 Å². The summed E-state index contributed by atoms with van der Waals surface area (Å²) in [6.45, 7) is 11.5. The van der Waals surface area contributed by atoms with Gasteiger partial charge in [0.2, 0.25) is 5.91 Å². The highest BCUT2D eigenvalue weighted by molar-refractivity contribution is 6.35. The van der Waals surface area contributed by atoms with Crippen LogP contribution in [0.1, 0.15) is 59.4 Å². The van der Waals surface area contributed by atoms with Gasteiger partial charge in [-0.2, -0.15) is 0 Å². The van der Waals surface area contributed by atoms with E-state index in [1.165, 1.54) is 6.92 Å². The molecule has 5 aromatic rings. The lowest BCUT2D eigenvalue weighted by molar-refractivity contribution is -0.119. The molecule has 0 radical (unpaired) electrons. The lowest BCUT2D eigenvalue weighted by Crippen LogP contribution is -2.44. The number of nitrogens with zero attached hydrogens (tertiary/aromatic N) is 3. The molecule has 6 rings (SSSR count). The van der Waals surface area contributed by atoms with E-state index in [1.807, 2.05) is 79.4 Å². The third kappa shape index (κ3) is 7.94. The van der Waals surface area contributed by atoms with E-state index in [4.69, 9.17) is 34.8 Å². The summed E-state index contributed by atoms with van der Waals surface area (Å²) in [5.41, 5.74) is 6.81. The summed E-state index contributed by atoms with van der Waals surface area (Å²) in [5, 5.41) is 8.63. The molecule has 2 amide bonds. The summed E-state index contributed by atoms with van der Waals surface area (Å²) in [6.07, 6.45) is 5.03. The van der Waals surface area contributed by atoms with Crippen LogP contribution in [0.2, 0.25) is 15.1 Å². The number of aromatic amines is 1. The topological polar surface area (TPSA) is 93.4 Å². The highest BCUT2D eigenvalue weighted by Crippen LogP contribution is 2.40. The highest BCUT2D eigenvalue weighted by atomic mass is 35.5. The Morgan fingerprint density at radius 3 is 2.43 bits per heavy atom. The van der Waals surface area contributed by atoms with Gasteiger partial charge in [0, 0.05) is 70.3 Å². The van der Waals surface area contributed by atoms with Crippen LogP contribution in [0.25, 0.3) is 22.2 Å². The first-order chi connectivity index (χ1) is 24.5. The summed E-state index contributed by atoms with van der Waals surface area (Å²) in [4.78, 5) is 38.5. The zero-order valence-corrected chi connectivity index (χ0v) is 31.0. The zero-order chi connectivity index (χ0) is 36.2. The Bertz CT molecular complexity index is 2110. The summed E-state index contributed by atoms with van der Waals surface area (Å²) in [6, 6.07) is 23.0. The SMILES string of the molecule is C=CN(Cc1c(C)cc(Cl)cc1Cl)/C(=C(\C)c1ccccc1)c1c(C(=O)Nc2cccnc2N2CCC(NC(C)=O)CC2)[nH]c2cc(Cl)ccc12. The van der Waals surface area contributed by atoms with Gasteiger partial charge >= 0.3 is 0 Å². The molecule has 0 unspecified atom stereocenters. The number of hydrogen-bond donors (Lipinski definition) is 3. The molecule has 1 aliphatic heterocycles. The largest absolute Gasteiger partial charge is 0.355 e. The molecule has 0 aliphatic carbocycles. The number of fused-ring (bicyclic) bond motifs is 1. The molecule has 0 saturated carbocycles. The predicted molar refractivity (Wildman–Crippen MR) is 210 cm³/mol. The fraction of sp³-hybridized carbons (Fsp3) is 0.225. The maximum atomic E-state index is 14.6. The third-order valence-corrected chi connectivity index (χ3v) is 10.0. The third-order valence-electron chi connectivity index (χ3n) is 9.24. The minimum atomic E-state index is -0.345. The number of pyridine rings is 1. The minimum absolute atomic E-state index is 0.0352. The van der Waals surface area contributed by atoms with Crippen molar-refractivity contribution >= 4 is 80.3 Å². The molecule has 262 valence electrons. The van der Waals surface area contributed by atoms with E-state index in [-0.39, 0.29) is 17.9 Å². The van der Waals surface area contributed by atoms with E-state index >= 15 is 0 Å². The fourth-order valence-corrected chi connectivity index (χ4v) is 7.58. The molecule has 0 atom stereocenters. The number of piperidine rings is 1. The zero-order valence-electron chi connectivity index (χ0n) is 28.7. The molecule has 1 aliphatic rings. The van der Waals surface area contributed by atoms with Crippen LogP contribution in [0.5, 0.6) is 0 Å². The van der Waals surface area contributed by atoms with Crippen molar-refractivity contribution in [3.63, 3.8) is 0 Å². The highest BCUT2D eigenvalue weighted by Gasteiger charge is 2.28. The van der Waals surface area contributed by atoms with Crippen molar-refractivity contribution in [3.05, 3.63) is 135 Å². The summed E-state index contributed by atoms with van der Waals surface area (Å²) >= 11 is 19.6. The van der Waals surface area contributed by atoms with Crippen molar-refractivity contribution in [2.24, 2.45) is 0 Å². The van der Waals surface area contributed by atoms with Gasteiger partial charge < -0.3 is 25.4 Å². The first kappa shape index (κ1) is 36.0. The van der Waals surface area contributed by atoms with Crippen LogP contribution in [0, 0.1) is 6.92 Å². The van der Waals surface area contributed by atoms with Crippen LogP contribution >= 0.6 is 34.8 Å². The second-order valence-electron chi connectivity index (χ2n) is 12.7. The molecular weight excluding hydrogens is 703 g/mol. The van der Waals surface area contributed by atoms with Crippen LogP contribution in [0.4, 0.5) is 11.5 Å². The maximum Gasteiger partial charge on any atom is 0.272 e. The number of allylic oxidation sites excluding steroid dienone is 1. The number of carbonyl (C=O) groups is 2. The molecule has 11 heteroatoms. The Balaban J connectivity index is 1.46. The number of H-pyrrole nitrogens is 1. The molecule has 51 heavy (non-hydrogen) atoms. The van der Waals surface area contributed by atoms with E-state index in [0.29, 0.717) is 63.0 Å². The van der Waals surface area contributed by atoms with Crippen molar-refractivity contribution in [1.29, 1.82) is 0 Å². The number of anilines is 2. The average Bonchev–Trinajstić information content (AvgIpc) is 3.48. The number of rotatable bonds is 10. The number of hydrogen-bond acceptors (Lipinski definition) is 5. The predicted octanol–water partition coefficient (Wildman–Crippen LogP) is 9.72. The minimum Gasteiger partial charge on any atom is -0.355 e. The van der Waals surface area contributed by atoms with Gasteiger partial charge in [0.15, 0.2) is 5.82 Å². The van der Waals surface area contributed by atoms with Crippen molar-refractivity contribution in [3.8, 4) is 0 Å². The van der Waals surface area contributed by atoms with E-state index in [0.717, 1.165) is 46.2 Å². The Labute approximate surface area is 313 Å². The monoisotopic (exact) mass is 740 g/mol. The van der Waals surface area contributed by atoms with Crippen LogP contribution in [-0.2, 0) is 11.3 Å². The molecule has 2 aromatic heterocycles. The van der Waals surface area contributed by atoms with Crippen LogP contribution in [-0.4, -0.2) is 45.8 Å².